The topological polar surface area (TPSA) is 59.8 Å². The highest BCUT2D eigenvalue weighted by Crippen LogP contribution is 2.15. The molecule has 1 aromatic carbocycles. The highest BCUT2D eigenvalue weighted by Gasteiger charge is 2.08. The lowest BCUT2D eigenvalue weighted by atomic mass is 10.2. The van der Waals surface area contributed by atoms with Gasteiger partial charge in [0.25, 0.3) is 0 Å². The number of hydrogen-bond donors (Lipinski definition) is 1. The van der Waals surface area contributed by atoms with Crippen LogP contribution in [-0.2, 0) is 4.79 Å². The third kappa shape index (κ3) is 2.91. The van der Waals surface area contributed by atoms with E-state index in [0.717, 1.165) is 11.4 Å². The number of nitrogens with one attached hydrogen (secondary N) is 1. The summed E-state index contributed by atoms with van der Waals surface area (Å²) in [5, 5.41) is 10.3. The Morgan fingerprint density at radius 1 is 1.41 bits per heavy atom. The summed E-state index contributed by atoms with van der Waals surface area (Å²) in [5.41, 5.74) is 1.64. The van der Waals surface area contributed by atoms with Gasteiger partial charge in [-0.05, 0) is 25.1 Å². The van der Waals surface area contributed by atoms with Crippen molar-refractivity contribution in [3.8, 4) is 5.69 Å². The molecular weight excluding hydrogens is 284 g/mol. The largest absolute Gasteiger partial charge is 0.325 e. The zero-order chi connectivity index (χ0) is 12.3. The van der Waals surface area contributed by atoms with Gasteiger partial charge in [-0.3, -0.25) is 9.36 Å². The van der Waals surface area contributed by atoms with Crippen molar-refractivity contribution >= 4 is 27.5 Å². The van der Waals surface area contributed by atoms with Crippen LogP contribution in [-0.4, -0.2) is 25.5 Å². The molecule has 1 atom stereocenters. The van der Waals surface area contributed by atoms with Crippen LogP contribution in [0.1, 0.15) is 6.92 Å². The fourth-order valence-corrected chi connectivity index (χ4v) is 1.43. The van der Waals surface area contributed by atoms with Gasteiger partial charge in [0.05, 0.1) is 10.5 Å². The van der Waals surface area contributed by atoms with Crippen LogP contribution >= 0.6 is 15.9 Å². The minimum Gasteiger partial charge on any atom is -0.325 e. The van der Waals surface area contributed by atoms with Gasteiger partial charge in [-0.15, -0.1) is 10.2 Å². The molecule has 0 saturated carbocycles. The maximum Gasteiger partial charge on any atom is 0.237 e. The number of alkyl halides is 1. The van der Waals surface area contributed by atoms with Gasteiger partial charge in [0.1, 0.15) is 12.7 Å². The molecule has 0 saturated heterocycles. The van der Waals surface area contributed by atoms with Gasteiger partial charge < -0.3 is 5.32 Å². The van der Waals surface area contributed by atoms with Crippen molar-refractivity contribution < 1.29 is 4.79 Å². The Morgan fingerprint density at radius 3 is 2.76 bits per heavy atom. The Balaban J connectivity index is 2.20. The van der Waals surface area contributed by atoms with E-state index < -0.39 is 0 Å². The molecule has 2 aromatic rings. The first-order chi connectivity index (χ1) is 8.16. The summed E-state index contributed by atoms with van der Waals surface area (Å²) < 4.78 is 1.77. The van der Waals surface area contributed by atoms with Gasteiger partial charge in [0.2, 0.25) is 5.91 Å². The van der Waals surface area contributed by atoms with E-state index in [1.54, 1.807) is 24.1 Å². The molecule has 0 radical (unpaired) electrons. The average Bonchev–Trinajstić information content (AvgIpc) is 2.82. The second kappa shape index (κ2) is 5.09. The van der Waals surface area contributed by atoms with E-state index in [9.17, 15) is 4.79 Å². The molecular formula is C11H11BrN4O. The monoisotopic (exact) mass is 294 g/mol. The number of amides is 1. The van der Waals surface area contributed by atoms with Crippen molar-refractivity contribution in [3.05, 3.63) is 36.9 Å². The molecule has 0 fully saturated rings. The molecule has 5 nitrogen and oxygen atoms in total. The maximum absolute atomic E-state index is 11.5. The Hall–Kier alpha value is -1.69. The fourth-order valence-electron chi connectivity index (χ4n) is 1.32. The van der Waals surface area contributed by atoms with Crippen LogP contribution in [0, 0.1) is 0 Å². The summed E-state index contributed by atoms with van der Waals surface area (Å²) >= 11 is 3.22. The molecule has 0 aliphatic heterocycles. The molecule has 1 heterocycles. The number of anilines is 1. The quantitative estimate of drug-likeness (QED) is 0.881. The molecule has 1 amide bonds. The van der Waals surface area contributed by atoms with Crippen molar-refractivity contribution in [1.29, 1.82) is 0 Å². The number of nitrogens with zero attached hydrogens (tertiary/aromatic N) is 3. The van der Waals surface area contributed by atoms with Crippen LogP contribution in [0.3, 0.4) is 0 Å². The van der Waals surface area contributed by atoms with E-state index in [2.05, 4.69) is 31.4 Å². The summed E-state index contributed by atoms with van der Waals surface area (Å²) in [5.74, 6) is -0.0779. The molecule has 0 aliphatic rings. The lowest BCUT2D eigenvalue weighted by Gasteiger charge is -2.08. The average molecular weight is 295 g/mol. The fraction of sp³-hybridized carbons (Fsp3) is 0.182. The normalized spacial score (nSPS) is 12.1. The molecule has 88 valence electrons. The first-order valence-electron chi connectivity index (χ1n) is 5.07. The van der Waals surface area contributed by atoms with Crippen LogP contribution in [0.15, 0.2) is 36.9 Å². The van der Waals surface area contributed by atoms with Gasteiger partial charge in [-0.1, -0.05) is 22.0 Å². The number of benzene rings is 1. The Kier molecular flexibility index (Phi) is 3.53. The van der Waals surface area contributed by atoms with E-state index in [0.29, 0.717) is 0 Å². The number of rotatable bonds is 3. The van der Waals surface area contributed by atoms with Crippen LogP contribution in [0.2, 0.25) is 0 Å². The van der Waals surface area contributed by atoms with Gasteiger partial charge in [0, 0.05) is 5.69 Å². The minimum absolute atomic E-state index is 0.0779. The number of halogens is 1. The molecule has 6 heteroatoms. The first kappa shape index (κ1) is 11.8. The van der Waals surface area contributed by atoms with E-state index in [1.807, 2.05) is 24.3 Å². The second-order valence-corrected chi connectivity index (χ2v) is 4.90. The zero-order valence-electron chi connectivity index (χ0n) is 9.17. The number of aromatic nitrogens is 3. The molecule has 1 unspecified atom stereocenters. The van der Waals surface area contributed by atoms with Crippen molar-refractivity contribution in [2.45, 2.75) is 11.8 Å². The smallest absolute Gasteiger partial charge is 0.237 e. The number of hydrogen-bond acceptors (Lipinski definition) is 3. The lowest BCUT2D eigenvalue weighted by molar-refractivity contribution is -0.115. The molecule has 1 N–H and O–H groups in total. The van der Waals surface area contributed by atoms with Gasteiger partial charge >= 0.3 is 0 Å². The van der Waals surface area contributed by atoms with E-state index in [1.165, 1.54) is 0 Å². The third-order valence-corrected chi connectivity index (χ3v) is 2.61. The molecule has 1 aromatic heterocycles. The summed E-state index contributed by atoms with van der Waals surface area (Å²) in [4.78, 5) is 11.3. The Morgan fingerprint density at radius 2 is 2.12 bits per heavy atom. The zero-order valence-corrected chi connectivity index (χ0v) is 10.8. The van der Waals surface area contributed by atoms with Crippen LogP contribution in [0.5, 0.6) is 0 Å². The molecule has 0 aliphatic carbocycles. The molecule has 2 rings (SSSR count). The highest BCUT2D eigenvalue weighted by molar-refractivity contribution is 9.10. The number of carbonyl (C=O) groups excluding carboxylic acids is 1. The van der Waals surface area contributed by atoms with Crippen LogP contribution < -0.4 is 5.32 Å². The van der Waals surface area contributed by atoms with Gasteiger partial charge in [-0.25, -0.2) is 0 Å². The standard InChI is InChI=1S/C11H11BrN4O/c1-8(12)11(17)15-9-3-2-4-10(5-9)16-6-13-14-7-16/h2-8H,1H3,(H,15,17). The predicted molar refractivity (Wildman–Crippen MR) is 68.4 cm³/mol. The lowest BCUT2D eigenvalue weighted by Crippen LogP contribution is -2.19. The SMILES string of the molecule is CC(Br)C(=O)Nc1cccc(-n2cnnc2)c1. The molecule has 0 bridgehead atoms. The van der Waals surface area contributed by atoms with Crippen molar-refractivity contribution in [2.24, 2.45) is 0 Å². The van der Waals surface area contributed by atoms with E-state index >= 15 is 0 Å². The van der Waals surface area contributed by atoms with Gasteiger partial charge in [0.15, 0.2) is 0 Å². The third-order valence-electron chi connectivity index (χ3n) is 2.19. The summed E-state index contributed by atoms with van der Waals surface area (Å²) in [6, 6.07) is 7.47. The molecule has 0 spiro atoms. The summed E-state index contributed by atoms with van der Waals surface area (Å²) in [6.07, 6.45) is 3.21. The van der Waals surface area contributed by atoms with Gasteiger partial charge in [-0.2, -0.15) is 0 Å². The number of carbonyl (C=O) groups is 1. The molecule has 17 heavy (non-hydrogen) atoms. The minimum atomic E-state index is -0.221. The Labute approximate surface area is 107 Å². The van der Waals surface area contributed by atoms with E-state index in [4.69, 9.17) is 0 Å². The van der Waals surface area contributed by atoms with Crippen LogP contribution in [0.25, 0.3) is 5.69 Å². The van der Waals surface area contributed by atoms with Crippen molar-refractivity contribution in [2.75, 3.05) is 5.32 Å². The Bertz CT molecular complexity index is 510. The highest BCUT2D eigenvalue weighted by atomic mass is 79.9. The first-order valence-corrected chi connectivity index (χ1v) is 5.98. The van der Waals surface area contributed by atoms with Crippen LogP contribution in [0.4, 0.5) is 5.69 Å². The second-order valence-electron chi connectivity index (χ2n) is 3.52. The summed E-state index contributed by atoms with van der Waals surface area (Å²) in [7, 11) is 0. The summed E-state index contributed by atoms with van der Waals surface area (Å²) in [6.45, 7) is 1.78. The van der Waals surface area contributed by atoms with Crippen molar-refractivity contribution in [1.82, 2.24) is 14.8 Å². The van der Waals surface area contributed by atoms with Crippen molar-refractivity contribution in [3.63, 3.8) is 0 Å². The maximum atomic E-state index is 11.5. The predicted octanol–water partition coefficient (Wildman–Crippen LogP) is 1.99. The van der Waals surface area contributed by atoms with E-state index in [-0.39, 0.29) is 10.7 Å².